The van der Waals surface area contributed by atoms with Crippen molar-refractivity contribution in [3.8, 4) is 11.6 Å². The van der Waals surface area contributed by atoms with Gasteiger partial charge in [-0.05, 0) is 38.3 Å². The SMILES string of the molecule is C1CCCCC1.CCC(=O)CNC(=O)c1ccccc1.CCOc1cc(OC)ncc1CNCC(=O)N1CCCCC1. The first kappa shape index (κ1) is 34.7. The van der Waals surface area contributed by atoms with E-state index >= 15 is 0 Å². The summed E-state index contributed by atoms with van der Waals surface area (Å²) in [5.74, 6) is 1.27. The van der Waals surface area contributed by atoms with Gasteiger partial charge in [0.25, 0.3) is 5.91 Å². The summed E-state index contributed by atoms with van der Waals surface area (Å²) in [5.41, 5.74) is 1.51. The van der Waals surface area contributed by atoms with E-state index in [0.29, 0.717) is 37.6 Å². The molecule has 9 heteroatoms. The lowest BCUT2D eigenvalue weighted by atomic mass is 10.0. The summed E-state index contributed by atoms with van der Waals surface area (Å²) in [5, 5.41) is 5.74. The molecule has 1 saturated heterocycles. The first-order valence-corrected chi connectivity index (χ1v) is 15.5. The second-order valence-corrected chi connectivity index (χ2v) is 10.4. The third kappa shape index (κ3) is 13.9. The second kappa shape index (κ2) is 21.3. The van der Waals surface area contributed by atoms with Crippen molar-refractivity contribution < 1.29 is 23.9 Å². The number of likely N-dealkylation sites (tertiary alicyclic amines) is 1. The van der Waals surface area contributed by atoms with Gasteiger partial charge in [0.1, 0.15) is 5.75 Å². The fraction of sp³-hybridized carbons (Fsp3) is 0.576. The summed E-state index contributed by atoms with van der Waals surface area (Å²) in [7, 11) is 1.58. The Morgan fingerprint density at radius 2 is 1.50 bits per heavy atom. The van der Waals surface area contributed by atoms with Crippen LogP contribution in [0.5, 0.6) is 11.6 Å². The molecule has 0 bridgehead atoms. The smallest absolute Gasteiger partial charge is 0.251 e. The normalized spacial score (nSPS) is 14.3. The average molecular weight is 583 g/mol. The predicted molar refractivity (Wildman–Crippen MR) is 166 cm³/mol. The van der Waals surface area contributed by atoms with Crippen molar-refractivity contribution >= 4 is 17.6 Å². The van der Waals surface area contributed by atoms with Crippen LogP contribution in [0.2, 0.25) is 0 Å². The number of benzene rings is 1. The molecule has 42 heavy (non-hydrogen) atoms. The molecular formula is C33H50N4O5. The number of aromatic nitrogens is 1. The molecule has 9 nitrogen and oxygen atoms in total. The second-order valence-electron chi connectivity index (χ2n) is 10.4. The number of ketones is 1. The number of carbonyl (C=O) groups is 3. The van der Waals surface area contributed by atoms with Crippen molar-refractivity contribution in [2.24, 2.45) is 0 Å². The van der Waals surface area contributed by atoms with Crippen molar-refractivity contribution in [2.75, 3.05) is 39.9 Å². The van der Waals surface area contributed by atoms with Crippen molar-refractivity contribution in [3.63, 3.8) is 0 Å². The Morgan fingerprint density at radius 3 is 2.07 bits per heavy atom. The van der Waals surface area contributed by atoms with Crippen molar-refractivity contribution in [3.05, 3.63) is 53.7 Å². The van der Waals surface area contributed by atoms with Gasteiger partial charge in [-0.15, -0.1) is 0 Å². The van der Waals surface area contributed by atoms with Crippen LogP contribution in [-0.4, -0.2) is 67.4 Å². The van der Waals surface area contributed by atoms with Crippen molar-refractivity contribution in [1.29, 1.82) is 0 Å². The standard InChI is InChI=1S/C16H25N3O3.C11H13NO2.C6H12/c1-3-22-14-9-15(21-2)18-11-13(14)10-17-12-16(20)19-7-5-4-6-8-19;1-2-10(13)8-12-11(14)9-6-4-3-5-7-9;1-2-4-6-5-3-1/h9,11,17H,3-8,10,12H2,1-2H3;3-7H,2,8H2,1H3,(H,12,14);1-6H2. The summed E-state index contributed by atoms with van der Waals surface area (Å²) in [6.45, 7) is 7.06. The molecule has 2 heterocycles. The quantitative estimate of drug-likeness (QED) is 0.369. The lowest BCUT2D eigenvalue weighted by Gasteiger charge is -2.26. The zero-order valence-electron chi connectivity index (χ0n) is 25.8. The molecule has 1 aliphatic heterocycles. The van der Waals surface area contributed by atoms with E-state index in [-0.39, 0.29) is 24.1 Å². The summed E-state index contributed by atoms with van der Waals surface area (Å²) in [6.07, 6.45) is 14.6. The Kier molecular flexibility index (Phi) is 17.6. The van der Waals surface area contributed by atoms with Crippen LogP contribution >= 0.6 is 0 Å². The maximum atomic E-state index is 12.1. The molecule has 0 radical (unpaired) electrons. The van der Waals surface area contributed by atoms with Crippen LogP contribution in [0, 0.1) is 0 Å². The maximum Gasteiger partial charge on any atom is 0.251 e. The highest BCUT2D eigenvalue weighted by molar-refractivity contribution is 5.96. The summed E-state index contributed by atoms with van der Waals surface area (Å²) in [4.78, 5) is 40.6. The van der Waals surface area contributed by atoms with Crippen molar-refractivity contribution in [1.82, 2.24) is 20.5 Å². The van der Waals surface area contributed by atoms with Crippen LogP contribution in [-0.2, 0) is 16.1 Å². The van der Waals surface area contributed by atoms with E-state index in [1.165, 1.54) is 44.9 Å². The number of amides is 2. The molecule has 2 fully saturated rings. The predicted octanol–water partition coefficient (Wildman–Crippen LogP) is 5.33. The lowest BCUT2D eigenvalue weighted by molar-refractivity contribution is -0.131. The van der Waals surface area contributed by atoms with Gasteiger partial charge in [0.05, 0.1) is 26.8 Å². The molecule has 2 N–H and O–H groups in total. The van der Waals surface area contributed by atoms with Crippen molar-refractivity contribution in [2.45, 2.75) is 84.6 Å². The number of methoxy groups -OCH3 is 1. The number of piperidine rings is 1. The summed E-state index contributed by atoms with van der Waals surface area (Å²) in [6, 6.07) is 10.6. The Morgan fingerprint density at radius 1 is 0.881 bits per heavy atom. The Bertz CT molecular complexity index is 1040. The van der Waals surface area contributed by atoms with E-state index in [1.807, 2.05) is 17.9 Å². The number of hydrogen-bond acceptors (Lipinski definition) is 7. The summed E-state index contributed by atoms with van der Waals surface area (Å²) < 4.78 is 10.7. The molecule has 1 aromatic carbocycles. The molecule has 1 saturated carbocycles. The molecule has 0 spiro atoms. The molecule has 4 rings (SSSR count). The van der Waals surface area contributed by atoms with Crippen LogP contribution in [0.4, 0.5) is 0 Å². The van der Waals surface area contributed by atoms with E-state index < -0.39 is 0 Å². The number of ether oxygens (including phenoxy) is 2. The molecular weight excluding hydrogens is 532 g/mol. The first-order chi connectivity index (χ1) is 20.5. The van der Waals surface area contributed by atoms with E-state index in [4.69, 9.17) is 9.47 Å². The van der Waals surface area contributed by atoms with Gasteiger partial charge in [-0.25, -0.2) is 4.98 Å². The zero-order valence-corrected chi connectivity index (χ0v) is 25.8. The highest BCUT2D eigenvalue weighted by Gasteiger charge is 2.16. The largest absolute Gasteiger partial charge is 0.493 e. The Labute approximate surface area is 251 Å². The Hall–Kier alpha value is -3.46. The minimum absolute atomic E-state index is 0.0364. The fourth-order valence-corrected chi connectivity index (χ4v) is 4.60. The van der Waals surface area contributed by atoms with Crippen LogP contribution in [0.3, 0.4) is 0 Å². The molecule has 1 aliphatic carbocycles. The van der Waals surface area contributed by atoms with Gasteiger partial charge in [0.15, 0.2) is 5.78 Å². The number of carbonyl (C=O) groups excluding carboxylic acids is 3. The van der Waals surface area contributed by atoms with E-state index in [1.54, 1.807) is 50.6 Å². The topological polar surface area (TPSA) is 110 Å². The number of rotatable bonds is 11. The maximum absolute atomic E-state index is 12.1. The van der Waals surface area contributed by atoms with Gasteiger partial charge in [0.2, 0.25) is 11.8 Å². The first-order valence-electron chi connectivity index (χ1n) is 15.5. The van der Waals surface area contributed by atoms with E-state index in [2.05, 4.69) is 15.6 Å². The van der Waals surface area contributed by atoms with Gasteiger partial charge in [-0.3, -0.25) is 14.4 Å². The zero-order chi connectivity index (χ0) is 30.4. The van der Waals surface area contributed by atoms with Gasteiger partial charge in [0, 0.05) is 49.4 Å². The molecule has 232 valence electrons. The monoisotopic (exact) mass is 582 g/mol. The fourth-order valence-electron chi connectivity index (χ4n) is 4.60. The molecule has 0 atom stereocenters. The lowest BCUT2D eigenvalue weighted by Crippen LogP contribution is -2.41. The number of pyridine rings is 1. The van der Waals surface area contributed by atoms with Crippen LogP contribution < -0.4 is 20.1 Å². The molecule has 1 aromatic heterocycles. The van der Waals surface area contributed by atoms with Gasteiger partial charge < -0.3 is 25.0 Å². The van der Waals surface area contributed by atoms with E-state index in [0.717, 1.165) is 37.2 Å². The number of Topliss-reactive ketones (excluding diaryl/α,β-unsaturated/α-hetero) is 1. The van der Waals surface area contributed by atoms with Crippen LogP contribution in [0.1, 0.15) is 94.0 Å². The number of hydrogen-bond donors (Lipinski definition) is 2. The number of nitrogens with zero attached hydrogens (tertiary/aromatic N) is 2. The summed E-state index contributed by atoms with van der Waals surface area (Å²) >= 11 is 0. The third-order valence-corrected chi connectivity index (χ3v) is 7.10. The number of nitrogens with one attached hydrogen (secondary N) is 2. The minimum Gasteiger partial charge on any atom is -0.493 e. The van der Waals surface area contributed by atoms with Gasteiger partial charge in [-0.1, -0.05) is 63.6 Å². The third-order valence-electron chi connectivity index (χ3n) is 7.10. The van der Waals surface area contributed by atoms with Crippen LogP contribution in [0.25, 0.3) is 0 Å². The highest BCUT2D eigenvalue weighted by atomic mass is 16.5. The van der Waals surface area contributed by atoms with Crippen LogP contribution in [0.15, 0.2) is 42.6 Å². The highest BCUT2D eigenvalue weighted by Crippen LogP contribution is 2.22. The molecule has 0 unspecified atom stereocenters. The average Bonchev–Trinajstić information content (AvgIpc) is 3.06. The Balaban J connectivity index is 0.000000260. The molecule has 2 aliphatic rings. The van der Waals surface area contributed by atoms with Gasteiger partial charge >= 0.3 is 0 Å². The molecule has 2 aromatic rings. The molecule has 2 amide bonds. The van der Waals surface area contributed by atoms with E-state index in [9.17, 15) is 14.4 Å². The van der Waals surface area contributed by atoms with Gasteiger partial charge in [-0.2, -0.15) is 0 Å². The minimum atomic E-state index is -0.201.